The van der Waals surface area contributed by atoms with Crippen LogP contribution < -0.4 is 0 Å². The van der Waals surface area contributed by atoms with Crippen LogP contribution in [-0.2, 0) is 6.54 Å². The number of ketones is 1. The van der Waals surface area contributed by atoms with E-state index in [2.05, 4.69) is 28.0 Å². The van der Waals surface area contributed by atoms with Crippen LogP contribution in [0.25, 0.3) is 0 Å². The summed E-state index contributed by atoms with van der Waals surface area (Å²) in [6, 6.07) is 7.42. The molecule has 0 fully saturated rings. The Labute approximate surface area is 109 Å². The first kappa shape index (κ1) is 12.0. The number of hydrogen-bond acceptors (Lipinski definition) is 2. The molecule has 0 saturated carbocycles. The van der Waals surface area contributed by atoms with E-state index in [9.17, 15) is 4.79 Å². The molecule has 1 aromatic heterocycles. The molecule has 2 rings (SSSR count). The van der Waals surface area contributed by atoms with Crippen molar-refractivity contribution < 1.29 is 4.79 Å². The zero-order chi connectivity index (χ0) is 12.3. The summed E-state index contributed by atoms with van der Waals surface area (Å²) in [4.78, 5) is 12.2. The number of nitrogens with zero attached hydrogens (tertiary/aromatic N) is 2. The molecule has 0 spiro atoms. The smallest absolute Gasteiger partial charge is 0.197 e. The van der Waals surface area contributed by atoms with Crippen LogP contribution in [0.15, 0.2) is 41.1 Å². The van der Waals surface area contributed by atoms with Crippen molar-refractivity contribution in [2.45, 2.75) is 19.9 Å². The van der Waals surface area contributed by atoms with E-state index >= 15 is 0 Å². The van der Waals surface area contributed by atoms with E-state index in [0.29, 0.717) is 11.1 Å². The van der Waals surface area contributed by atoms with Crippen molar-refractivity contribution >= 4 is 21.7 Å². The number of benzene rings is 1. The van der Waals surface area contributed by atoms with Crippen LogP contribution in [0, 0.1) is 0 Å². The van der Waals surface area contributed by atoms with Crippen LogP contribution in [0.4, 0.5) is 0 Å². The Morgan fingerprint density at radius 3 is 2.88 bits per heavy atom. The predicted octanol–water partition coefficient (Wildman–Crippen LogP) is 3.29. The first-order valence-corrected chi connectivity index (χ1v) is 6.33. The summed E-state index contributed by atoms with van der Waals surface area (Å²) in [7, 11) is 0. The molecule has 1 aromatic carbocycles. The minimum atomic E-state index is -0.000159. The molecule has 0 bridgehead atoms. The second-order valence-corrected chi connectivity index (χ2v) is 4.66. The summed E-state index contributed by atoms with van der Waals surface area (Å²) in [6.07, 6.45) is 4.42. The fourth-order valence-corrected chi connectivity index (χ4v) is 2.10. The van der Waals surface area contributed by atoms with Crippen LogP contribution >= 0.6 is 15.9 Å². The normalized spacial score (nSPS) is 10.5. The summed E-state index contributed by atoms with van der Waals surface area (Å²) in [5.74, 6) is -0.000159. The number of carbonyl (C=O) groups is 1. The second-order valence-electron chi connectivity index (χ2n) is 3.80. The van der Waals surface area contributed by atoms with Gasteiger partial charge < -0.3 is 0 Å². The van der Waals surface area contributed by atoms with Crippen molar-refractivity contribution in [2.75, 3.05) is 0 Å². The summed E-state index contributed by atoms with van der Waals surface area (Å²) in [6.45, 7) is 2.92. The largest absolute Gasteiger partial charge is 0.288 e. The van der Waals surface area contributed by atoms with Crippen molar-refractivity contribution in [1.29, 1.82) is 0 Å². The lowest BCUT2D eigenvalue weighted by molar-refractivity contribution is 0.103. The highest BCUT2D eigenvalue weighted by Crippen LogP contribution is 2.19. The molecule has 0 N–H and O–H groups in total. The van der Waals surface area contributed by atoms with Gasteiger partial charge in [-0.2, -0.15) is 5.10 Å². The molecule has 0 atom stereocenters. The summed E-state index contributed by atoms with van der Waals surface area (Å²) >= 11 is 3.38. The van der Waals surface area contributed by atoms with Crippen molar-refractivity contribution in [3.8, 4) is 0 Å². The highest BCUT2D eigenvalue weighted by atomic mass is 79.9. The van der Waals surface area contributed by atoms with Crippen molar-refractivity contribution in [3.05, 3.63) is 52.3 Å². The quantitative estimate of drug-likeness (QED) is 0.811. The van der Waals surface area contributed by atoms with Crippen LogP contribution in [0.3, 0.4) is 0 Å². The van der Waals surface area contributed by atoms with Gasteiger partial charge in [0.1, 0.15) is 0 Å². The minimum Gasteiger partial charge on any atom is -0.288 e. The third-order valence-corrected chi connectivity index (χ3v) is 3.16. The van der Waals surface area contributed by atoms with Crippen molar-refractivity contribution in [2.24, 2.45) is 0 Å². The Balaban J connectivity index is 2.28. The number of aryl methyl sites for hydroxylation is 1. The zero-order valence-electron chi connectivity index (χ0n) is 9.56. The molecule has 0 amide bonds. The minimum absolute atomic E-state index is 0.000159. The first-order valence-electron chi connectivity index (χ1n) is 5.54. The Bertz CT molecular complexity index is 534. The maximum atomic E-state index is 12.2. The van der Waals surface area contributed by atoms with Crippen LogP contribution in [-0.4, -0.2) is 15.6 Å². The molecule has 0 radical (unpaired) electrons. The molecule has 17 heavy (non-hydrogen) atoms. The van der Waals surface area contributed by atoms with Gasteiger partial charge in [-0.25, -0.2) is 0 Å². The van der Waals surface area contributed by atoms with Gasteiger partial charge >= 0.3 is 0 Å². The lowest BCUT2D eigenvalue weighted by Crippen LogP contribution is -2.01. The maximum absolute atomic E-state index is 12.2. The average Bonchev–Trinajstić information content (AvgIpc) is 2.78. The van der Waals surface area contributed by atoms with Gasteiger partial charge in [-0.1, -0.05) is 35.0 Å². The molecular weight excluding hydrogens is 280 g/mol. The summed E-state index contributed by atoms with van der Waals surface area (Å²) in [5.41, 5.74) is 1.30. The molecule has 0 aliphatic carbocycles. The van der Waals surface area contributed by atoms with E-state index < -0.39 is 0 Å². The van der Waals surface area contributed by atoms with Crippen molar-refractivity contribution in [1.82, 2.24) is 9.78 Å². The van der Waals surface area contributed by atoms with Crippen LogP contribution in [0.1, 0.15) is 29.3 Å². The molecule has 4 heteroatoms. The molecule has 1 heterocycles. The lowest BCUT2D eigenvalue weighted by Gasteiger charge is -2.00. The Hall–Kier alpha value is -1.42. The fourth-order valence-electron chi connectivity index (χ4n) is 1.63. The van der Waals surface area contributed by atoms with Crippen LogP contribution in [0.5, 0.6) is 0 Å². The lowest BCUT2D eigenvalue weighted by atomic mass is 10.1. The van der Waals surface area contributed by atoms with E-state index in [4.69, 9.17) is 0 Å². The van der Waals surface area contributed by atoms with Crippen LogP contribution in [0.2, 0.25) is 0 Å². The topological polar surface area (TPSA) is 34.9 Å². The highest BCUT2D eigenvalue weighted by molar-refractivity contribution is 9.10. The standard InChI is InChI=1S/C13H13BrN2O/c1-2-7-16-9-10(8-15-16)13(17)11-5-3-4-6-12(11)14/h3-6,8-9H,2,7H2,1H3. The fraction of sp³-hybridized carbons (Fsp3) is 0.231. The number of hydrogen-bond donors (Lipinski definition) is 0. The van der Waals surface area contributed by atoms with Gasteiger partial charge in [-0.15, -0.1) is 0 Å². The number of aromatic nitrogens is 2. The van der Waals surface area contributed by atoms with E-state index in [1.54, 1.807) is 17.1 Å². The SMILES string of the molecule is CCCn1cc(C(=O)c2ccccc2Br)cn1. The van der Waals surface area contributed by atoms with Gasteiger partial charge in [0.05, 0.1) is 11.8 Å². The van der Waals surface area contributed by atoms with Gasteiger partial charge in [0.25, 0.3) is 0 Å². The highest BCUT2D eigenvalue weighted by Gasteiger charge is 2.13. The third-order valence-electron chi connectivity index (χ3n) is 2.47. The van der Waals surface area contributed by atoms with Gasteiger partial charge in [-0.05, 0) is 18.6 Å². The molecule has 0 saturated heterocycles. The molecule has 0 aliphatic heterocycles. The van der Waals surface area contributed by atoms with Gasteiger partial charge in [-0.3, -0.25) is 9.48 Å². The monoisotopic (exact) mass is 292 g/mol. The molecule has 0 aliphatic rings. The Morgan fingerprint density at radius 1 is 1.41 bits per heavy atom. The first-order chi connectivity index (χ1) is 8.22. The number of carbonyl (C=O) groups excluding carboxylic acids is 1. The second kappa shape index (κ2) is 5.27. The maximum Gasteiger partial charge on any atom is 0.197 e. The molecule has 0 unspecified atom stereocenters. The van der Waals surface area contributed by atoms with E-state index in [0.717, 1.165) is 17.4 Å². The van der Waals surface area contributed by atoms with E-state index in [-0.39, 0.29) is 5.78 Å². The Kier molecular flexibility index (Phi) is 3.74. The Morgan fingerprint density at radius 2 is 2.18 bits per heavy atom. The number of rotatable bonds is 4. The number of halogens is 1. The molecule has 3 nitrogen and oxygen atoms in total. The summed E-state index contributed by atoms with van der Waals surface area (Å²) < 4.78 is 2.61. The third kappa shape index (κ3) is 2.64. The van der Waals surface area contributed by atoms with E-state index in [1.165, 1.54) is 0 Å². The van der Waals surface area contributed by atoms with E-state index in [1.807, 2.05) is 24.3 Å². The molecular formula is C13H13BrN2O. The molecule has 2 aromatic rings. The van der Waals surface area contributed by atoms with Gasteiger partial charge in [0, 0.05) is 22.8 Å². The average molecular weight is 293 g/mol. The summed E-state index contributed by atoms with van der Waals surface area (Å²) in [5, 5.41) is 4.16. The molecule has 88 valence electrons. The zero-order valence-corrected chi connectivity index (χ0v) is 11.1. The van der Waals surface area contributed by atoms with Crippen molar-refractivity contribution in [3.63, 3.8) is 0 Å². The van der Waals surface area contributed by atoms with Gasteiger partial charge in [0.15, 0.2) is 5.78 Å². The van der Waals surface area contributed by atoms with Gasteiger partial charge in [0.2, 0.25) is 0 Å². The predicted molar refractivity (Wildman–Crippen MR) is 70.1 cm³/mol.